The summed E-state index contributed by atoms with van der Waals surface area (Å²) in [4.78, 5) is 18.6. The fourth-order valence-corrected chi connectivity index (χ4v) is 4.88. The maximum atomic E-state index is 12.4. The summed E-state index contributed by atoms with van der Waals surface area (Å²) in [5.74, 6) is -0.115. The Hall–Kier alpha value is -2.33. The third-order valence-electron chi connectivity index (χ3n) is 5.02. The number of nitrogens with one attached hydrogen (secondary N) is 2. The van der Waals surface area contributed by atoms with Crippen LogP contribution < -0.4 is 15.2 Å². The number of sulfonamides is 1. The van der Waals surface area contributed by atoms with Crippen molar-refractivity contribution in [1.82, 2.24) is 15.2 Å². The zero-order valence-corrected chi connectivity index (χ0v) is 20.7. The number of carbonyl (C=O) groups is 1. The lowest BCUT2D eigenvalue weighted by molar-refractivity contribution is 0.0240. The van der Waals surface area contributed by atoms with Gasteiger partial charge >= 0.3 is 6.09 Å². The Bertz CT molecular complexity index is 1050. The molecule has 33 heavy (non-hydrogen) atoms. The fraction of sp³-hybridized carbons (Fsp3) is 0.435. The van der Waals surface area contributed by atoms with Gasteiger partial charge < -0.3 is 14.5 Å². The number of amides is 1. The van der Waals surface area contributed by atoms with Crippen molar-refractivity contribution < 1.29 is 17.9 Å². The van der Waals surface area contributed by atoms with E-state index in [9.17, 15) is 13.2 Å². The van der Waals surface area contributed by atoms with Crippen LogP contribution in [-0.2, 0) is 27.1 Å². The number of carbonyl (C=O) groups excluding carboxylic acids is 1. The molecule has 3 rings (SSSR count). The molecule has 0 radical (unpaired) electrons. The smallest absolute Gasteiger partial charge is 0.410 e. The number of para-hydroxylation sites is 1. The molecule has 2 aromatic rings. The average molecular weight is 495 g/mol. The highest BCUT2D eigenvalue weighted by Crippen LogP contribution is 2.31. The number of ether oxygens (including phenoxy) is 1. The summed E-state index contributed by atoms with van der Waals surface area (Å²) in [5, 5.41) is 0.576. The number of rotatable bonds is 7. The maximum absolute atomic E-state index is 12.4. The molecule has 0 bridgehead atoms. The molecule has 1 heterocycles. The SMILES string of the molecule is CC(C)(C)OC(=O)N1CCN(c2c(Cl)cccc2CNNS(=O)(=O)Cc2ccccc2)CC1. The number of benzene rings is 2. The molecule has 2 aromatic carbocycles. The first-order chi connectivity index (χ1) is 15.5. The Labute approximate surface area is 200 Å². The number of halogens is 1. The third kappa shape index (κ3) is 7.60. The zero-order chi connectivity index (χ0) is 24.1. The van der Waals surface area contributed by atoms with E-state index in [0.29, 0.717) is 36.8 Å². The number of piperazine rings is 1. The Morgan fingerprint density at radius 1 is 1.03 bits per heavy atom. The van der Waals surface area contributed by atoms with Crippen molar-refractivity contribution in [3.05, 3.63) is 64.7 Å². The molecule has 0 aliphatic carbocycles. The van der Waals surface area contributed by atoms with Crippen molar-refractivity contribution in [3.8, 4) is 0 Å². The van der Waals surface area contributed by atoms with Crippen LogP contribution in [0.1, 0.15) is 31.9 Å². The minimum Gasteiger partial charge on any atom is -0.444 e. The van der Waals surface area contributed by atoms with E-state index in [0.717, 1.165) is 11.3 Å². The molecule has 1 amide bonds. The fourth-order valence-electron chi connectivity index (χ4n) is 3.57. The van der Waals surface area contributed by atoms with Crippen LogP contribution in [0, 0.1) is 0 Å². The summed E-state index contributed by atoms with van der Waals surface area (Å²) in [6, 6.07) is 14.5. The minimum absolute atomic E-state index is 0.115. The summed E-state index contributed by atoms with van der Waals surface area (Å²) >= 11 is 6.51. The predicted molar refractivity (Wildman–Crippen MR) is 131 cm³/mol. The van der Waals surface area contributed by atoms with Crippen LogP contribution in [0.5, 0.6) is 0 Å². The van der Waals surface area contributed by atoms with E-state index in [1.54, 1.807) is 35.2 Å². The largest absolute Gasteiger partial charge is 0.444 e. The molecule has 1 aliphatic rings. The maximum Gasteiger partial charge on any atom is 0.410 e. The molecule has 0 unspecified atom stereocenters. The standard InChI is InChI=1S/C23H31ClN4O4S/c1-23(2,3)32-22(29)28-14-12-27(13-15-28)21-19(10-7-11-20(21)24)16-25-26-33(30,31)17-18-8-5-4-6-9-18/h4-11,25-26H,12-17H2,1-3H3. The van der Waals surface area contributed by atoms with Crippen LogP contribution in [0.4, 0.5) is 10.5 Å². The van der Waals surface area contributed by atoms with Gasteiger partial charge in [0.2, 0.25) is 10.0 Å². The summed E-state index contributed by atoms with van der Waals surface area (Å²) < 4.78 is 30.2. The van der Waals surface area contributed by atoms with Gasteiger partial charge in [-0.3, -0.25) is 0 Å². The van der Waals surface area contributed by atoms with Crippen LogP contribution in [0.3, 0.4) is 0 Å². The second kappa shape index (κ2) is 10.7. The molecular formula is C23H31ClN4O4S. The van der Waals surface area contributed by atoms with Crippen LogP contribution in [0.25, 0.3) is 0 Å². The van der Waals surface area contributed by atoms with Crippen molar-refractivity contribution in [1.29, 1.82) is 0 Å². The highest BCUT2D eigenvalue weighted by Gasteiger charge is 2.27. The number of hydrazine groups is 1. The van der Waals surface area contributed by atoms with E-state index >= 15 is 0 Å². The second-order valence-corrected chi connectivity index (χ2v) is 11.0. The monoisotopic (exact) mass is 494 g/mol. The molecule has 8 nitrogen and oxygen atoms in total. The summed E-state index contributed by atoms with van der Waals surface area (Å²) in [6.45, 7) is 8.00. The van der Waals surface area contributed by atoms with Gasteiger partial charge in [-0.2, -0.15) is 4.83 Å². The quantitative estimate of drug-likeness (QED) is 0.572. The van der Waals surface area contributed by atoms with Crippen molar-refractivity contribution in [3.63, 3.8) is 0 Å². The molecule has 0 spiro atoms. The Kier molecular flexibility index (Phi) is 8.23. The lowest BCUT2D eigenvalue weighted by Crippen LogP contribution is -2.50. The molecule has 0 saturated carbocycles. The number of hydrogen-bond donors (Lipinski definition) is 2. The van der Waals surface area contributed by atoms with E-state index in [1.165, 1.54) is 0 Å². The van der Waals surface area contributed by atoms with Gasteiger partial charge in [-0.15, -0.1) is 0 Å². The van der Waals surface area contributed by atoms with Gasteiger partial charge in [-0.25, -0.2) is 18.6 Å². The van der Waals surface area contributed by atoms with Gasteiger partial charge in [-0.1, -0.05) is 54.1 Å². The van der Waals surface area contributed by atoms with Gasteiger partial charge in [0.25, 0.3) is 0 Å². The first kappa shape index (κ1) is 25.3. The van der Waals surface area contributed by atoms with Gasteiger partial charge in [0.05, 0.1) is 16.5 Å². The first-order valence-corrected chi connectivity index (χ1v) is 12.8. The predicted octanol–water partition coefficient (Wildman–Crippen LogP) is 3.52. The highest BCUT2D eigenvalue weighted by atomic mass is 35.5. The Balaban J connectivity index is 1.60. The topological polar surface area (TPSA) is 91.0 Å². The van der Waals surface area contributed by atoms with Crippen molar-refractivity contribution in [2.45, 2.75) is 38.7 Å². The summed E-state index contributed by atoms with van der Waals surface area (Å²) in [6.07, 6.45) is -0.323. The van der Waals surface area contributed by atoms with E-state index < -0.39 is 15.6 Å². The number of nitrogens with zero attached hydrogens (tertiary/aromatic N) is 2. The molecule has 2 N–H and O–H groups in total. The normalized spacial score (nSPS) is 14.9. The van der Waals surface area contributed by atoms with Crippen molar-refractivity contribution in [2.75, 3.05) is 31.1 Å². The molecular weight excluding hydrogens is 464 g/mol. The van der Waals surface area contributed by atoms with Crippen LogP contribution in [-0.4, -0.2) is 51.2 Å². The third-order valence-corrected chi connectivity index (χ3v) is 6.50. The molecule has 180 valence electrons. The van der Waals surface area contributed by atoms with Gasteiger partial charge in [-0.05, 0) is 38.0 Å². The van der Waals surface area contributed by atoms with E-state index in [4.69, 9.17) is 16.3 Å². The van der Waals surface area contributed by atoms with Crippen LogP contribution >= 0.6 is 11.6 Å². The van der Waals surface area contributed by atoms with Crippen molar-refractivity contribution in [2.24, 2.45) is 0 Å². The van der Waals surface area contributed by atoms with Crippen molar-refractivity contribution >= 4 is 33.4 Å². The summed E-state index contributed by atoms with van der Waals surface area (Å²) in [7, 11) is -3.55. The zero-order valence-electron chi connectivity index (χ0n) is 19.2. The van der Waals surface area contributed by atoms with E-state index in [-0.39, 0.29) is 18.4 Å². The first-order valence-electron chi connectivity index (χ1n) is 10.8. The molecule has 10 heteroatoms. The highest BCUT2D eigenvalue weighted by molar-refractivity contribution is 7.88. The number of anilines is 1. The molecule has 0 atom stereocenters. The Morgan fingerprint density at radius 2 is 1.70 bits per heavy atom. The Morgan fingerprint density at radius 3 is 2.33 bits per heavy atom. The lowest BCUT2D eigenvalue weighted by atomic mass is 10.1. The number of hydrogen-bond acceptors (Lipinski definition) is 6. The molecule has 1 aliphatic heterocycles. The van der Waals surface area contributed by atoms with E-state index in [2.05, 4.69) is 15.2 Å². The summed E-state index contributed by atoms with van der Waals surface area (Å²) in [5.41, 5.74) is 4.67. The lowest BCUT2D eigenvalue weighted by Gasteiger charge is -2.38. The minimum atomic E-state index is -3.55. The van der Waals surface area contributed by atoms with Crippen LogP contribution in [0.15, 0.2) is 48.5 Å². The average Bonchev–Trinajstić information content (AvgIpc) is 2.73. The van der Waals surface area contributed by atoms with Gasteiger partial charge in [0, 0.05) is 32.7 Å². The molecule has 0 aromatic heterocycles. The molecule has 1 saturated heterocycles. The van der Waals surface area contributed by atoms with Crippen LogP contribution in [0.2, 0.25) is 5.02 Å². The van der Waals surface area contributed by atoms with E-state index in [1.807, 2.05) is 39.0 Å². The molecule has 1 fully saturated rings. The van der Waals surface area contributed by atoms with Gasteiger partial charge in [0.1, 0.15) is 5.60 Å². The van der Waals surface area contributed by atoms with Gasteiger partial charge in [0.15, 0.2) is 0 Å². The second-order valence-electron chi connectivity index (χ2n) is 8.90.